The van der Waals surface area contributed by atoms with Crippen LogP contribution < -0.4 is 32.7 Å². The molecule has 0 heterocycles. The summed E-state index contributed by atoms with van der Waals surface area (Å²) in [6, 6.07) is 53.8. The van der Waals surface area contributed by atoms with Crippen LogP contribution in [0, 0.1) is 0 Å². The highest BCUT2D eigenvalue weighted by atomic mass is 14.9. The Morgan fingerprint density at radius 2 is 0.490 bits per heavy atom. The minimum atomic E-state index is 0.781. The molecule has 0 aromatic heterocycles. The van der Waals surface area contributed by atoms with Gasteiger partial charge in [-0.05, 0) is 109 Å². The molecule has 0 unspecified atom stereocenters. The van der Waals surface area contributed by atoms with Crippen LogP contribution in [-0.4, -0.2) is 7.05 Å². The smallest absolute Gasteiger partial charge is 0.0385 e. The van der Waals surface area contributed by atoms with E-state index in [1.807, 2.05) is 200 Å². The Morgan fingerprint density at radius 3 is 0.735 bits per heavy atom. The highest BCUT2D eigenvalue weighted by Crippen LogP contribution is 2.19. The number of hydrogen-bond donors (Lipinski definition) is 6. The van der Waals surface area contributed by atoms with Crippen molar-refractivity contribution in [2.24, 2.45) is 0 Å². The van der Waals surface area contributed by atoms with E-state index in [2.05, 4.69) is 33.4 Å². The molecule has 0 amide bonds. The van der Waals surface area contributed by atoms with E-state index in [0.717, 1.165) is 51.2 Å². The van der Waals surface area contributed by atoms with Crippen molar-refractivity contribution in [1.29, 1.82) is 0 Å². The standard InChI is InChI=1S/C13H14N2.2C12H12N2.3C2H6/c1-14-11-7-9-13(10-8-11)15-12-5-3-2-4-6-12;2*13-10-6-8-12(9-7-10)14-11-4-2-1-3-5-11;3*1-2/h2-10,14-15H,1H3;2*1-9,14H,13H2;3*1-2H3. The number of hydrogen-bond acceptors (Lipinski definition) is 6. The Labute approximate surface area is 295 Å². The Kier molecular flexibility index (Phi) is 22.0. The Bertz CT molecular complexity index is 1510. The summed E-state index contributed by atoms with van der Waals surface area (Å²) in [5, 5.41) is 13.0. The van der Waals surface area contributed by atoms with Gasteiger partial charge in [0.25, 0.3) is 0 Å². The van der Waals surface area contributed by atoms with Gasteiger partial charge in [0.1, 0.15) is 0 Å². The van der Waals surface area contributed by atoms with E-state index in [0.29, 0.717) is 0 Å². The Morgan fingerprint density at radius 1 is 0.286 bits per heavy atom. The summed E-state index contributed by atoms with van der Waals surface area (Å²) in [5.74, 6) is 0. The minimum absolute atomic E-state index is 0.781. The molecule has 8 N–H and O–H groups in total. The third kappa shape index (κ3) is 17.6. The second kappa shape index (κ2) is 26.2. The van der Waals surface area contributed by atoms with Gasteiger partial charge in [0.15, 0.2) is 0 Å². The summed E-state index contributed by atoms with van der Waals surface area (Å²) in [6.45, 7) is 12.0. The van der Waals surface area contributed by atoms with Crippen molar-refractivity contribution in [3.05, 3.63) is 164 Å². The molecule has 0 spiro atoms. The SMILES string of the molecule is CC.CC.CC.CNc1ccc(Nc2ccccc2)cc1.Nc1ccc(Nc2ccccc2)cc1.Nc1ccc(Nc2ccccc2)cc1. The summed E-state index contributed by atoms with van der Waals surface area (Å²) >= 11 is 0. The van der Waals surface area contributed by atoms with Crippen molar-refractivity contribution >= 4 is 51.2 Å². The third-order valence-electron chi connectivity index (χ3n) is 6.18. The normalized spacial score (nSPS) is 8.88. The summed E-state index contributed by atoms with van der Waals surface area (Å²) < 4.78 is 0. The fourth-order valence-corrected chi connectivity index (χ4v) is 3.92. The predicted octanol–water partition coefficient (Wildman–Crippen LogP) is 12.6. The Balaban J connectivity index is 0.000000341. The maximum absolute atomic E-state index is 5.59. The second-order valence-corrected chi connectivity index (χ2v) is 9.54. The molecule has 258 valence electrons. The van der Waals surface area contributed by atoms with Crippen LogP contribution in [0.25, 0.3) is 0 Å². The van der Waals surface area contributed by atoms with Gasteiger partial charge in [-0.1, -0.05) is 96.1 Å². The van der Waals surface area contributed by atoms with E-state index >= 15 is 0 Å². The maximum atomic E-state index is 5.59. The van der Waals surface area contributed by atoms with Gasteiger partial charge in [-0.3, -0.25) is 0 Å². The van der Waals surface area contributed by atoms with Gasteiger partial charge in [0.05, 0.1) is 0 Å². The minimum Gasteiger partial charge on any atom is -0.399 e. The number of anilines is 9. The lowest BCUT2D eigenvalue weighted by atomic mass is 10.2. The number of para-hydroxylation sites is 3. The van der Waals surface area contributed by atoms with Crippen molar-refractivity contribution in [1.82, 2.24) is 0 Å². The number of nitrogens with two attached hydrogens (primary N) is 2. The quantitative estimate of drug-likeness (QED) is 0.0957. The first-order valence-corrected chi connectivity index (χ1v) is 17.0. The summed E-state index contributed by atoms with van der Waals surface area (Å²) in [6.07, 6.45) is 0. The highest BCUT2D eigenvalue weighted by molar-refractivity contribution is 5.63. The van der Waals surface area contributed by atoms with Crippen LogP contribution in [0.1, 0.15) is 41.5 Å². The van der Waals surface area contributed by atoms with Crippen LogP contribution in [0.15, 0.2) is 164 Å². The average molecular weight is 657 g/mol. The monoisotopic (exact) mass is 656 g/mol. The van der Waals surface area contributed by atoms with E-state index < -0.39 is 0 Å². The molecule has 0 fully saturated rings. The summed E-state index contributed by atoms with van der Waals surface area (Å²) in [4.78, 5) is 0. The molecular weight excluding hydrogens is 601 g/mol. The zero-order valence-corrected chi connectivity index (χ0v) is 30.2. The molecule has 6 aromatic rings. The largest absolute Gasteiger partial charge is 0.399 e. The molecule has 0 aliphatic carbocycles. The van der Waals surface area contributed by atoms with Crippen LogP contribution in [-0.2, 0) is 0 Å². The van der Waals surface area contributed by atoms with Crippen LogP contribution in [0.5, 0.6) is 0 Å². The fraction of sp³-hybridized carbons (Fsp3) is 0.163. The van der Waals surface area contributed by atoms with Gasteiger partial charge >= 0.3 is 0 Å². The van der Waals surface area contributed by atoms with Gasteiger partial charge in [-0.25, -0.2) is 0 Å². The van der Waals surface area contributed by atoms with Crippen molar-refractivity contribution < 1.29 is 0 Å². The van der Waals surface area contributed by atoms with E-state index in [1.165, 1.54) is 0 Å². The fourth-order valence-electron chi connectivity index (χ4n) is 3.92. The number of rotatable bonds is 7. The Hall–Kier alpha value is -5.88. The first kappa shape index (κ1) is 41.1. The van der Waals surface area contributed by atoms with Gasteiger partial charge in [-0.15, -0.1) is 0 Å². The number of nitrogen functional groups attached to an aromatic ring is 2. The van der Waals surface area contributed by atoms with E-state index in [9.17, 15) is 0 Å². The summed E-state index contributed by atoms with van der Waals surface area (Å²) in [5.41, 5.74) is 20.3. The molecule has 6 heteroatoms. The van der Waals surface area contributed by atoms with Gasteiger partial charge in [-0.2, -0.15) is 0 Å². The molecule has 0 saturated heterocycles. The average Bonchev–Trinajstić information content (AvgIpc) is 3.18. The predicted molar refractivity (Wildman–Crippen MR) is 221 cm³/mol. The first-order chi connectivity index (χ1) is 24.1. The van der Waals surface area contributed by atoms with E-state index in [1.54, 1.807) is 0 Å². The highest BCUT2D eigenvalue weighted by Gasteiger charge is 1.95. The maximum Gasteiger partial charge on any atom is 0.0385 e. The van der Waals surface area contributed by atoms with E-state index in [4.69, 9.17) is 11.5 Å². The van der Waals surface area contributed by atoms with Gasteiger partial charge in [0, 0.05) is 58.2 Å². The third-order valence-corrected chi connectivity index (χ3v) is 6.18. The molecule has 49 heavy (non-hydrogen) atoms. The van der Waals surface area contributed by atoms with Crippen molar-refractivity contribution in [2.45, 2.75) is 41.5 Å². The molecule has 0 atom stereocenters. The molecule has 6 aromatic carbocycles. The molecule has 6 rings (SSSR count). The summed E-state index contributed by atoms with van der Waals surface area (Å²) in [7, 11) is 1.92. The van der Waals surface area contributed by atoms with Crippen LogP contribution in [0.3, 0.4) is 0 Å². The molecule has 0 radical (unpaired) electrons. The zero-order valence-electron chi connectivity index (χ0n) is 30.2. The van der Waals surface area contributed by atoms with Crippen molar-refractivity contribution in [3.8, 4) is 0 Å². The van der Waals surface area contributed by atoms with Crippen LogP contribution in [0.4, 0.5) is 51.2 Å². The molecular formula is C43H56N6. The molecule has 0 aliphatic heterocycles. The topological polar surface area (TPSA) is 100 Å². The molecule has 0 saturated carbocycles. The van der Waals surface area contributed by atoms with E-state index in [-0.39, 0.29) is 0 Å². The number of nitrogens with one attached hydrogen (secondary N) is 4. The zero-order chi connectivity index (χ0) is 36.1. The van der Waals surface area contributed by atoms with Crippen molar-refractivity contribution in [2.75, 3.05) is 39.8 Å². The lowest BCUT2D eigenvalue weighted by Crippen LogP contribution is -1.91. The van der Waals surface area contributed by atoms with Crippen LogP contribution in [0.2, 0.25) is 0 Å². The molecule has 6 nitrogen and oxygen atoms in total. The van der Waals surface area contributed by atoms with Crippen molar-refractivity contribution in [3.63, 3.8) is 0 Å². The van der Waals surface area contributed by atoms with Gasteiger partial charge < -0.3 is 32.7 Å². The van der Waals surface area contributed by atoms with Gasteiger partial charge in [0.2, 0.25) is 0 Å². The number of benzene rings is 6. The lowest BCUT2D eigenvalue weighted by Gasteiger charge is -2.06. The molecule has 0 bridgehead atoms. The molecule has 0 aliphatic rings. The lowest BCUT2D eigenvalue weighted by molar-refractivity contribution is 1.49. The second-order valence-electron chi connectivity index (χ2n) is 9.54. The first-order valence-electron chi connectivity index (χ1n) is 17.0. The van der Waals surface area contributed by atoms with Crippen LogP contribution >= 0.6 is 0 Å².